The van der Waals surface area contributed by atoms with Crippen LogP contribution in [0.4, 0.5) is 17.3 Å². The minimum atomic E-state index is 0.216. The van der Waals surface area contributed by atoms with Gasteiger partial charge in [0.2, 0.25) is 11.8 Å². The fourth-order valence-electron chi connectivity index (χ4n) is 3.46. The highest BCUT2D eigenvalue weighted by Crippen LogP contribution is 2.35. The van der Waals surface area contributed by atoms with E-state index in [-0.39, 0.29) is 11.0 Å². The molecule has 4 aromatic rings. The highest BCUT2D eigenvalue weighted by atomic mass is 35.5. The number of nitrogens with zero attached hydrogens (tertiary/aromatic N) is 5. The molecule has 0 bridgehead atoms. The molecule has 0 spiro atoms. The number of ether oxygens (including phenoxy) is 1. The van der Waals surface area contributed by atoms with Crippen molar-refractivity contribution in [2.45, 2.75) is 13.8 Å². The Bertz CT molecular complexity index is 1370. The van der Waals surface area contributed by atoms with E-state index in [0.29, 0.717) is 22.8 Å². The molecule has 0 N–H and O–H groups in total. The lowest BCUT2D eigenvalue weighted by Crippen LogP contribution is -2.14. The van der Waals surface area contributed by atoms with Gasteiger partial charge >= 0.3 is 0 Å². The first-order chi connectivity index (χ1) is 16.0. The van der Waals surface area contributed by atoms with E-state index in [1.807, 2.05) is 61.2 Å². The van der Waals surface area contributed by atoms with Crippen molar-refractivity contribution in [3.63, 3.8) is 0 Å². The zero-order valence-corrected chi connectivity index (χ0v) is 18.7. The number of nitriles is 2. The molecule has 0 amide bonds. The molecule has 0 fully saturated rings. The molecule has 0 saturated heterocycles. The van der Waals surface area contributed by atoms with Crippen molar-refractivity contribution in [1.29, 1.82) is 10.5 Å². The normalized spacial score (nSPS) is 10.2. The molecule has 7 heteroatoms. The number of para-hydroxylation sites is 1. The van der Waals surface area contributed by atoms with E-state index in [1.165, 1.54) is 0 Å². The summed E-state index contributed by atoms with van der Waals surface area (Å²) in [5.74, 6) is 1.20. The second-order valence-corrected chi connectivity index (χ2v) is 7.70. The molecule has 0 aliphatic rings. The molecular weight excluding hydrogens is 434 g/mol. The Hall–Kier alpha value is -4.39. The molecule has 0 radical (unpaired) electrons. The first kappa shape index (κ1) is 21.8. The van der Waals surface area contributed by atoms with Crippen molar-refractivity contribution < 1.29 is 4.74 Å². The highest BCUT2D eigenvalue weighted by molar-refractivity contribution is 6.29. The number of halogens is 1. The largest absolute Gasteiger partial charge is 0.438 e. The second kappa shape index (κ2) is 9.40. The predicted octanol–water partition coefficient (Wildman–Crippen LogP) is 6.75. The van der Waals surface area contributed by atoms with Crippen molar-refractivity contribution in [3.8, 4) is 23.8 Å². The molecule has 0 unspecified atom stereocenters. The Balaban J connectivity index is 1.80. The van der Waals surface area contributed by atoms with Gasteiger partial charge in [-0.1, -0.05) is 29.8 Å². The van der Waals surface area contributed by atoms with Gasteiger partial charge in [-0.2, -0.15) is 15.5 Å². The Morgan fingerprint density at radius 2 is 1.39 bits per heavy atom. The second-order valence-electron chi connectivity index (χ2n) is 7.31. The third kappa shape index (κ3) is 4.77. The fourth-order valence-corrected chi connectivity index (χ4v) is 3.63. The van der Waals surface area contributed by atoms with Gasteiger partial charge in [0.15, 0.2) is 0 Å². The monoisotopic (exact) mass is 451 g/mol. The highest BCUT2D eigenvalue weighted by Gasteiger charge is 2.18. The zero-order valence-electron chi connectivity index (χ0n) is 18.0. The number of aromatic nitrogens is 2. The first-order valence-electron chi connectivity index (χ1n) is 10.1. The van der Waals surface area contributed by atoms with Crippen molar-refractivity contribution in [3.05, 3.63) is 100 Å². The van der Waals surface area contributed by atoms with Crippen molar-refractivity contribution >= 4 is 28.9 Å². The number of rotatable bonds is 5. The molecule has 160 valence electrons. The summed E-state index contributed by atoms with van der Waals surface area (Å²) in [6.45, 7) is 3.75. The lowest BCUT2D eigenvalue weighted by Gasteiger charge is -2.23. The van der Waals surface area contributed by atoms with E-state index in [4.69, 9.17) is 21.6 Å². The molecule has 0 aliphatic carbocycles. The minimum Gasteiger partial charge on any atom is -0.438 e. The average Bonchev–Trinajstić information content (AvgIpc) is 2.82. The van der Waals surface area contributed by atoms with E-state index in [0.717, 1.165) is 22.5 Å². The smallest absolute Gasteiger partial charge is 0.239 e. The van der Waals surface area contributed by atoms with Crippen LogP contribution in [0, 0.1) is 36.5 Å². The van der Waals surface area contributed by atoms with Crippen LogP contribution in [0.25, 0.3) is 0 Å². The van der Waals surface area contributed by atoms with E-state index in [9.17, 15) is 5.26 Å². The summed E-state index contributed by atoms with van der Waals surface area (Å²) in [6.07, 6.45) is 0. The average molecular weight is 452 g/mol. The Morgan fingerprint density at radius 3 is 2.00 bits per heavy atom. The SMILES string of the molecule is Cc1cc(C#N)cc(C)c1Oc1cc(Cl)nc(N(c2ccccc2)c2ccc(C#N)cc2)n1. The van der Waals surface area contributed by atoms with Gasteiger partial charge < -0.3 is 4.74 Å². The lowest BCUT2D eigenvalue weighted by atomic mass is 10.1. The summed E-state index contributed by atoms with van der Waals surface area (Å²) in [7, 11) is 0. The van der Waals surface area contributed by atoms with Crippen LogP contribution in [0.3, 0.4) is 0 Å². The Kier molecular flexibility index (Phi) is 6.22. The summed E-state index contributed by atoms with van der Waals surface area (Å²) in [6, 6.07) is 26.1. The van der Waals surface area contributed by atoms with Crippen molar-refractivity contribution in [1.82, 2.24) is 9.97 Å². The number of benzene rings is 3. The first-order valence-corrected chi connectivity index (χ1v) is 10.5. The maximum absolute atomic E-state index is 9.20. The summed E-state index contributed by atoms with van der Waals surface area (Å²) in [4.78, 5) is 10.9. The summed E-state index contributed by atoms with van der Waals surface area (Å²) in [5.41, 5.74) is 4.33. The number of hydrogen-bond donors (Lipinski definition) is 0. The van der Waals surface area contributed by atoms with E-state index in [1.54, 1.807) is 30.3 Å². The van der Waals surface area contributed by atoms with Gasteiger partial charge in [0, 0.05) is 17.4 Å². The van der Waals surface area contributed by atoms with Crippen LogP contribution in [-0.4, -0.2) is 9.97 Å². The lowest BCUT2D eigenvalue weighted by molar-refractivity contribution is 0.455. The molecule has 6 nitrogen and oxygen atoms in total. The molecule has 4 rings (SSSR count). The van der Waals surface area contributed by atoms with Crippen molar-refractivity contribution in [2.75, 3.05) is 4.90 Å². The molecule has 0 aliphatic heterocycles. The van der Waals surface area contributed by atoms with Crippen LogP contribution < -0.4 is 9.64 Å². The minimum absolute atomic E-state index is 0.216. The van der Waals surface area contributed by atoms with Gasteiger partial charge in [-0.15, -0.1) is 0 Å². The van der Waals surface area contributed by atoms with Crippen LogP contribution in [0.1, 0.15) is 22.3 Å². The van der Waals surface area contributed by atoms with Gasteiger partial charge in [0.05, 0.1) is 23.3 Å². The number of hydrogen-bond acceptors (Lipinski definition) is 6. The van der Waals surface area contributed by atoms with E-state index < -0.39 is 0 Å². The number of anilines is 3. The topological polar surface area (TPSA) is 85.8 Å². The predicted molar refractivity (Wildman–Crippen MR) is 127 cm³/mol. The summed E-state index contributed by atoms with van der Waals surface area (Å²) < 4.78 is 6.10. The third-order valence-electron chi connectivity index (χ3n) is 4.92. The van der Waals surface area contributed by atoms with Gasteiger partial charge in [0.1, 0.15) is 10.9 Å². The zero-order chi connectivity index (χ0) is 23.4. The van der Waals surface area contributed by atoms with Crippen LogP contribution in [0.2, 0.25) is 5.15 Å². The van der Waals surface area contributed by atoms with Crippen LogP contribution >= 0.6 is 11.6 Å². The summed E-state index contributed by atoms with van der Waals surface area (Å²) in [5, 5.41) is 18.6. The number of aryl methyl sites for hydroxylation is 2. The van der Waals surface area contributed by atoms with Crippen LogP contribution in [-0.2, 0) is 0 Å². The molecule has 1 aromatic heterocycles. The Labute approximate surface area is 196 Å². The molecule has 0 saturated carbocycles. The van der Waals surface area contributed by atoms with E-state index in [2.05, 4.69) is 22.1 Å². The maximum Gasteiger partial charge on any atom is 0.239 e. The van der Waals surface area contributed by atoms with Gasteiger partial charge in [-0.25, -0.2) is 4.98 Å². The van der Waals surface area contributed by atoms with Crippen molar-refractivity contribution in [2.24, 2.45) is 0 Å². The molecule has 3 aromatic carbocycles. The molecular formula is C26H18ClN5O. The molecule has 33 heavy (non-hydrogen) atoms. The Morgan fingerprint density at radius 1 is 0.788 bits per heavy atom. The molecule has 1 heterocycles. The standard InChI is InChI=1S/C26H18ClN5O/c1-17-12-20(16-29)13-18(2)25(17)33-24-14-23(27)30-26(31-24)32(21-6-4-3-5-7-21)22-10-8-19(15-28)9-11-22/h3-14H,1-2H3. The summed E-state index contributed by atoms with van der Waals surface area (Å²) >= 11 is 6.37. The van der Waals surface area contributed by atoms with Crippen LogP contribution in [0.5, 0.6) is 11.6 Å². The fraction of sp³-hybridized carbons (Fsp3) is 0.0769. The van der Waals surface area contributed by atoms with Gasteiger partial charge in [-0.3, -0.25) is 4.90 Å². The quantitative estimate of drug-likeness (QED) is 0.312. The maximum atomic E-state index is 9.20. The third-order valence-corrected chi connectivity index (χ3v) is 5.12. The van der Waals surface area contributed by atoms with Gasteiger partial charge in [-0.05, 0) is 73.5 Å². The van der Waals surface area contributed by atoms with E-state index >= 15 is 0 Å². The van der Waals surface area contributed by atoms with Gasteiger partial charge in [0.25, 0.3) is 0 Å². The molecule has 0 atom stereocenters. The van der Waals surface area contributed by atoms with Crippen LogP contribution in [0.15, 0.2) is 72.8 Å².